The van der Waals surface area contributed by atoms with Crippen molar-refractivity contribution in [3.63, 3.8) is 0 Å². The number of rotatable bonds is 4. The first-order chi connectivity index (χ1) is 6.84. The first kappa shape index (κ1) is 12.4. The van der Waals surface area contributed by atoms with Crippen LogP contribution in [0, 0.1) is 5.41 Å². The fraction of sp³-hybridized carbons (Fsp3) is 0.800. The van der Waals surface area contributed by atoms with E-state index in [0.29, 0.717) is 11.5 Å². The molecule has 1 rings (SSSR count). The average Bonchev–Trinajstić information content (AvgIpc) is 2.51. The Morgan fingerprint density at radius 1 is 1.67 bits per heavy atom. The van der Waals surface area contributed by atoms with Crippen LogP contribution in [-0.4, -0.2) is 40.1 Å². The second-order valence-electron chi connectivity index (χ2n) is 4.72. The molecular formula is C10H18N2O2S. The zero-order valence-electron chi connectivity index (χ0n) is 9.19. The molecule has 15 heavy (non-hydrogen) atoms. The molecule has 86 valence electrons. The molecule has 1 atom stereocenters. The highest BCUT2D eigenvalue weighted by Crippen LogP contribution is 2.24. The second kappa shape index (κ2) is 4.45. The lowest BCUT2D eigenvalue weighted by Gasteiger charge is -2.30. The normalized spacial score (nSPS) is 22.9. The highest BCUT2D eigenvalue weighted by atomic mass is 32.1. The van der Waals surface area contributed by atoms with Gasteiger partial charge in [0.15, 0.2) is 0 Å². The smallest absolute Gasteiger partial charge is 0.310 e. The fourth-order valence-electron chi connectivity index (χ4n) is 1.91. The van der Waals surface area contributed by atoms with E-state index in [1.54, 1.807) is 13.8 Å². The quantitative estimate of drug-likeness (QED) is 0.701. The van der Waals surface area contributed by atoms with Gasteiger partial charge in [0.2, 0.25) is 0 Å². The molecule has 1 aliphatic heterocycles. The van der Waals surface area contributed by atoms with Crippen LogP contribution in [0.25, 0.3) is 0 Å². The van der Waals surface area contributed by atoms with Gasteiger partial charge in [-0.1, -0.05) is 12.2 Å². The lowest BCUT2D eigenvalue weighted by molar-refractivity contribution is -0.147. The summed E-state index contributed by atoms with van der Waals surface area (Å²) in [6.07, 6.45) is 1.99. The van der Waals surface area contributed by atoms with Crippen LogP contribution in [0.1, 0.15) is 26.7 Å². The molecule has 3 N–H and O–H groups in total. The molecule has 0 aromatic carbocycles. The van der Waals surface area contributed by atoms with Crippen molar-refractivity contribution in [1.82, 2.24) is 4.90 Å². The fourth-order valence-corrected chi connectivity index (χ4v) is 2.18. The molecule has 0 bridgehead atoms. The minimum atomic E-state index is -0.781. The van der Waals surface area contributed by atoms with Crippen molar-refractivity contribution >= 4 is 23.2 Å². The number of likely N-dealkylation sites (tertiary alicyclic amines) is 1. The lowest BCUT2D eigenvalue weighted by Crippen LogP contribution is -2.45. The van der Waals surface area contributed by atoms with Crippen molar-refractivity contribution in [3.8, 4) is 0 Å². The van der Waals surface area contributed by atoms with Crippen LogP contribution in [0.2, 0.25) is 0 Å². The van der Waals surface area contributed by atoms with Crippen LogP contribution in [0.15, 0.2) is 0 Å². The molecule has 1 unspecified atom stereocenters. The SMILES string of the molecule is CC(C)(CN1CCCC1C(N)=S)C(=O)O. The van der Waals surface area contributed by atoms with E-state index in [-0.39, 0.29) is 6.04 Å². The molecule has 1 fully saturated rings. The van der Waals surface area contributed by atoms with E-state index >= 15 is 0 Å². The van der Waals surface area contributed by atoms with Gasteiger partial charge in [-0.3, -0.25) is 9.69 Å². The van der Waals surface area contributed by atoms with Crippen molar-refractivity contribution < 1.29 is 9.90 Å². The van der Waals surface area contributed by atoms with Gasteiger partial charge in [-0.2, -0.15) is 0 Å². The zero-order valence-corrected chi connectivity index (χ0v) is 10.0. The Bertz CT molecular complexity index is 279. The van der Waals surface area contributed by atoms with E-state index < -0.39 is 11.4 Å². The second-order valence-corrected chi connectivity index (χ2v) is 5.19. The summed E-state index contributed by atoms with van der Waals surface area (Å²) < 4.78 is 0. The van der Waals surface area contributed by atoms with Crippen LogP contribution in [-0.2, 0) is 4.79 Å². The summed E-state index contributed by atoms with van der Waals surface area (Å²) in [4.78, 5) is 13.6. The number of hydrogen-bond acceptors (Lipinski definition) is 3. The van der Waals surface area contributed by atoms with E-state index in [4.69, 9.17) is 23.1 Å². The number of carbonyl (C=O) groups is 1. The van der Waals surface area contributed by atoms with Gasteiger partial charge < -0.3 is 10.8 Å². The average molecular weight is 230 g/mol. The number of aliphatic carboxylic acids is 1. The van der Waals surface area contributed by atoms with Gasteiger partial charge in [-0.05, 0) is 33.2 Å². The van der Waals surface area contributed by atoms with Gasteiger partial charge in [-0.15, -0.1) is 0 Å². The number of carboxylic acid groups (broad SMARTS) is 1. The van der Waals surface area contributed by atoms with Gasteiger partial charge in [0.05, 0.1) is 16.4 Å². The van der Waals surface area contributed by atoms with Crippen LogP contribution < -0.4 is 5.73 Å². The monoisotopic (exact) mass is 230 g/mol. The lowest BCUT2D eigenvalue weighted by atomic mass is 9.93. The first-order valence-corrected chi connectivity index (χ1v) is 5.52. The number of nitrogens with zero attached hydrogens (tertiary/aromatic N) is 1. The van der Waals surface area contributed by atoms with E-state index in [0.717, 1.165) is 19.4 Å². The first-order valence-electron chi connectivity index (χ1n) is 5.11. The van der Waals surface area contributed by atoms with Gasteiger partial charge in [-0.25, -0.2) is 0 Å². The Hall–Kier alpha value is -0.680. The number of hydrogen-bond donors (Lipinski definition) is 2. The van der Waals surface area contributed by atoms with Crippen LogP contribution in [0.5, 0.6) is 0 Å². The highest BCUT2D eigenvalue weighted by Gasteiger charge is 2.35. The predicted molar refractivity (Wildman–Crippen MR) is 62.8 cm³/mol. The standard InChI is InChI=1S/C10H18N2O2S/c1-10(2,9(13)14)6-12-5-3-4-7(12)8(11)15/h7H,3-6H2,1-2H3,(H2,11,15)(H,13,14). The van der Waals surface area contributed by atoms with E-state index in [1.165, 1.54) is 0 Å². The van der Waals surface area contributed by atoms with Crippen molar-refractivity contribution in [2.45, 2.75) is 32.7 Å². The summed E-state index contributed by atoms with van der Waals surface area (Å²) in [5.74, 6) is -0.781. The largest absolute Gasteiger partial charge is 0.481 e. The third-order valence-corrected chi connectivity index (χ3v) is 3.14. The summed E-state index contributed by atoms with van der Waals surface area (Å²) in [5, 5.41) is 9.04. The maximum atomic E-state index is 11.0. The van der Waals surface area contributed by atoms with Gasteiger partial charge in [0.1, 0.15) is 0 Å². The predicted octanol–water partition coefficient (Wildman–Crippen LogP) is 0.848. The minimum Gasteiger partial charge on any atom is -0.481 e. The van der Waals surface area contributed by atoms with Crippen molar-refractivity contribution in [2.75, 3.05) is 13.1 Å². The minimum absolute atomic E-state index is 0.0821. The highest BCUT2D eigenvalue weighted by molar-refractivity contribution is 7.80. The Morgan fingerprint density at radius 3 is 2.73 bits per heavy atom. The Labute approximate surface area is 95.4 Å². The van der Waals surface area contributed by atoms with Crippen LogP contribution >= 0.6 is 12.2 Å². The molecule has 1 aliphatic rings. The topological polar surface area (TPSA) is 66.6 Å². The molecule has 5 heteroatoms. The van der Waals surface area contributed by atoms with E-state index in [9.17, 15) is 4.79 Å². The molecule has 0 aromatic rings. The molecular weight excluding hydrogens is 212 g/mol. The molecule has 4 nitrogen and oxygen atoms in total. The molecule has 0 aliphatic carbocycles. The Kier molecular flexibility index (Phi) is 3.67. The summed E-state index contributed by atoms with van der Waals surface area (Å²) in [6.45, 7) is 4.84. The maximum absolute atomic E-state index is 11.0. The molecule has 0 aromatic heterocycles. The Balaban J connectivity index is 2.65. The van der Waals surface area contributed by atoms with Crippen LogP contribution in [0.3, 0.4) is 0 Å². The maximum Gasteiger partial charge on any atom is 0.310 e. The molecule has 1 saturated heterocycles. The van der Waals surface area contributed by atoms with Gasteiger partial charge in [0.25, 0.3) is 0 Å². The summed E-state index contributed by atoms with van der Waals surface area (Å²) in [5.41, 5.74) is 4.88. The van der Waals surface area contributed by atoms with E-state index in [2.05, 4.69) is 4.90 Å². The Morgan fingerprint density at radius 2 is 2.27 bits per heavy atom. The van der Waals surface area contributed by atoms with Crippen molar-refractivity contribution in [1.29, 1.82) is 0 Å². The summed E-state index contributed by atoms with van der Waals surface area (Å²) >= 11 is 4.98. The third-order valence-electron chi connectivity index (χ3n) is 2.87. The number of nitrogens with two attached hydrogens (primary N) is 1. The molecule has 0 saturated carbocycles. The van der Waals surface area contributed by atoms with Crippen molar-refractivity contribution in [2.24, 2.45) is 11.1 Å². The van der Waals surface area contributed by atoms with Crippen LogP contribution in [0.4, 0.5) is 0 Å². The van der Waals surface area contributed by atoms with Crippen molar-refractivity contribution in [3.05, 3.63) is 0 Å². The summed E-state index contributed by atoms with van der Waals surface area (Å²) in [7, 11) is 0. The molecule has 0 amide bonds. The molecule has 0 radical (unpaired) electrons. The zero-order chi connectivity index (χ0) is 11.6. The molecule has 1 heterocycles. The van der Waals surface area contributed by atoms with Gasteiger partial charge in [0, 0.05) is 6.54 Å². The molecule has 0 spiro atoms. The third kappa shape index (κ3) is 2.89. The number of thiocarbonyl (C=S) groups is 1. The number of carboxylic acids is 1. The van der Waals surface area contributed by atoms with E-state index in [1.807, 2.05) is 0 Å². The van der Waals surface area contributed by atoms with Gasteiger partial charge >= 0.3 is 5.97 Å². The summed E-state index contributed by atoms with van der Waals surface area (Å²) in [6, 6.07) is 0.0821.